The Labute approximate surface area is 154 Å². The largest absolute Gasteiger partial charge is 0.494 e. The SMILES string of the molecule is CCC[Si](C)(C)CCCCOc1ccc(CCC(N)(CO)CO)cc1. The van der Waals surface area contributed by atoms with E-state index in [0.29, 0.717) is 6.42 Å². The van der Waals surface area contributed by atoms with E-state index in [0.717, 1.165) is 30.8 Å². The third-order valence-corrected chi connectivity index (χ3v) is 8.47. The van der Waals surface area contributed by atoms with Gasteiger partial charge in [-0.25, -0.2) is 0 Å². The van der Waals surface area contributed by atoms with Crippen LogP contribution < -0.4 is 10.5 Å². The minimum atomic E-state index is -0.973. The van der Waals surface area contributed by atoms with Gasteiger partial charge in [-0.2, -0.15) is 0 Å². The van der Waals surface area contributed by atoms with E-state index in [-0.39, 0.29) is 13.2 Å². The topological polar surface area (TPSA) is 75.7 Å². The lowest BCUT2D eigenvalue weighted by atomic mass is 9.94. The number of hydrogen-bond donors (Lipinski definition) is 3. The van der Waals surface area contributed by atoms with Crippen molar-refractivity contribution in [1.82, 2.24) is 0 Å². The van der Waals surface area contributed by atoms with Crippen molar-refractivity contribution in [3.63, 3.8) is 0 Å². The van der Waals surface area contributed by atoms with Crippen LogP contribution in [0, 0.1) is 0 Å². The molecular formula is C20H37NO3Si. The summed E-state index contributed by atoms with van der Waals surface area (Å²) in [6, 6.07) is 10.8. The first-order valence-electron chi connectivity index (χ1n) is 9.56. The van der Waals surface area contributed by atoms with Gasteiger partial charge in [-0.15, -0.1) is 0 Å². The molecule has 1 aromatic rings. The second-order valence-electron chi connectivity index (χ2n) is 8.04. The van der Waals surface area contributed by atoms with Gasteiger partial charge in [-0.3, -0.25) is 0 Å². The standard InChI is InChI=1S/C20H37NO3Si/c1-4-14-25(2,3)15-6-5-13-24-19-9-7-18(8-10-19)11-12-20(21,16-22)17-23/h7-10,22-23H,4-6,11-17,21H2,1-3H3. The minimum absolute atomic E-state index is 0.206. The van der Waals surface area contributed by atoms with E-state index in [1.54, 1.807) is 0 Å². The summed E-state index contributed by atoms with van der Waals surface area (Å²) in [5.41, 5.74) is 6.13. The lowest BCUT2D eigenvalue weighted by molar-refractivity contribution is 0.115. The molecule has 0 radical (unpaired) electrons. The van der Waals surface area contributed by atoms with Crippen molar-refractivity contribution in [3.8, 4) is 5.75 Å². The van der Waals surface area contributed by atoms with Gasteiger partial charge >= 0.3 is 0 Å². The van der Waals surface area contributed by atoms with Gasteiger partial charge in [0.05, 0.1) is 25.4 Å². The Morgan fingerprint density at radius 1 is 1.04 bits per heavy atom. The molecule has 0 unspecified atom stereocenters. The van der Waals surface area contributed by atoms with Crippen molar-refractivity contribution < 1.29 is 14.9 Å². The second kappa shape index (κ2) is 11.0. The fourth-order valence-corrected chi connectivity index (χ4v) is 5.86. The molecule has 0 heterocycles. The van der Waals surface area contributed by atoms with Crippen LogP contribution in [-0.2, 0) is 6.42 Å². The van der Waals surface area contributed by atoms with Gasteiger partial charge in [0.15, 0.2) is 0 Å². The van der Waals surface area contributed by atoms with E-state index >= 15 is 0 Å². The molecule has 0 aromatic heterocycles. The molecule has 0 saturated heterocycles. The van der Waals surface area contributed by atoms with Crippen molar-refractivity contribution >= 4 is 8.07 Å². The van der Waals surface area contributed by atoms with E-state index in [4.69, 9.17) is 10.5 Å². The van der Waals surface area contributed by atoms with Crippen LogP contribution in [0.15, 0.2) is 24.3 Å². The highest BCUT2D eigenvalue weighted by Crippen LogP contribution is 2.21. The molecule has 0 saturated carbocycles. The highest BCUT2D eigenvalue weighted by Gasteiger charge is 2.22. The zero-order valence-electron chi connectivity index (χ0n) is 16.3. The third kappa shape index (κ3) is 8.86. The van der Waals surface area contributed by atoms with Gasteiger partial charge in [0, 0.05) is 8.07 Å². The monoisotopic (exact) mass is 367 g/mol. The smallest absolute Gasteiger partial charge is 0.119 e. The summed E-state index contributed by atoms with van der Waals surface area (Å²) in [7, 11) is -0.973. The molecule has 4 nitrogen and oxygen atoms in total. The van der Waals surface area contributed by atoms with Crippen molar-refractivity contribution in [2.75, 3.05) is 19.8 Å². The Morgan fingerprint density at radius 2 is 1.68 bits per heavy atom. The van der Waals surface area contributed by atoms with Crippen molar-refractivity contribution in [2.24, 2.45) is 5.73 Å². The van der Waals surface area contributed by atoms with Gasteiger partial charge in [0.2, 0.25) is 0 Å². The number of nitrogens with two attached hydrogens (primary N) is 1. The number of unbranched alkanes of at least 4 members (excludes halogenated alkanes) is 1. The molecule has 0 bridgehead atoms. The summed E-state index contributed by atoms with van der Waals surface area (Å²) in [6.07, 6.45) is 4.97. The van der Waals surface area contributed by atoms with Crippen LogP contribution in [0.1, 0.15) is 38.2 Å². The fraction of sp³-hybridized carbons (Fsp3) is 0.700. The van der Waals surface area contributed by atoms with E-state index in [2.05, 4.69) is 20.0 Å². The molecule has 25 heavy (non-hydrogen) atoms. The summed E-state index contributed by atoms with van der Waals surface area (Å²) in [6.45, 7) is 7.62. The zero-order valence-corrected chi connectivity index (χ0v) is 17.3. The average molecular weight is 368 g/mol. The molecule has 0 aliphatic carbocycles. The van der Waals surface area contributed by atoms with Crippen LogP contribution in [0.2, 0.25) is 25.2 Å². The Kier molecular flexibility index (Phi) is 9.72. The number of aryl methyl sites for hydroxylation is 1. The Hall–Kier alpha value is -0.883. The van der Waals surface area contributed by atoms with Crippen LogP contribution in [-0.4, -0.2) is 43.6 Å². The molecule has 1 rings (SSSR count). The summed E-state index contributed by atoms with van der Waals surface area (Å²) < 4.78 is 5.83. The van der Waals surface area contributed by atoms with Crippen molar-refractivity contribution in [1.29, 1.82) is 0 Å². The summed E-state index contributed by atoms with van der Waals surface area (Å²) >= 11 is 0. The molecule has 1 aromatic carbocycles. The zero-order chi connectivity index (χ0) is 18.8. The molecule has 0 amide bonds. The third-order valence-electron chi connectivity index (χ3n) is 4.91. The minimum Gasteiger partial charge on any atom is -0.494 e. The molecule has 0 atom stereocenters. The molecule has 5 heteroatoms. The predicted molar refractivity (Wildman–Crippen MR) is 108 cm³/mol. The Morgan fingerprint density at radius 3 is 2.24 bits per heavy atom. The molecule has 0 aliphatic rings. The lowest BCUT2D eigenvalue weighted by Gasteiger charge is -2.24. The Bertz CT molecular complexity index is 472. The highest BCUT2D eigenvalue weighted by molar-refractivity contribution is 6.77. The lowest BCUT2D eigenvalue weighted by Crippen LogP contribution is -2.47. The van der Waals surface area contributed by atoms with E-state index in [1.807, 2.05) is 24.3 Å². The average Bonchev–Trinajstić information content (AvgIpc) is 2.60. The summed E-state index contributed by atoms with van der Waals surface area (Å²) in [4.78, 5) is 0. The fourth-order valence-electron chi connectivity index (χ4n) is 3.05. The van der Waals surface area contributed by atoms with Gasteiger partial charge in [0.1, 0.15) is 5.75 Å². The molecule has 144 valence electrons. The molecule has 0 aliphatic heterocycles. The van der Waals surface area contributed by atoms with E-state index in [9.17, 15) is 10.2 Å². The van der Waals surface area contributed by atoms with Crippen LogP contribution in [0.25, 0.3) is 0 Å². The number of aliphatic hydroxyl groups is 2. The first-order chi connectivity index (χ1) is 11.8. The number of aliphatic hydroxyl groups excluding tert-OH is 2. The second-order valence-corrected chi connectivity index (χ2v) is 13.4. The van der Waals surface area contributed by atoms with Crippen LogP contribution >= 0.6 is 0 Å². The molecular weight excluding hydrogens is 330 g/mol. The summed E-state index contributed by atoms with van der Waals surface area (Å²) in [5, 5.41) is 18.5. The number of benzene rings is 1. The normalized spacial score (nSPS) is 12.4. The maximum Gasteiger partial charge on any atom is 0.119 e. The van der Waals surface area contributed by atoms with Crippen LogP contribution in [0.3, 0.4) is 0 Å². The van der Waals surface area contributed by atoms with Gasteiger partial charge in [0.25, 0.3) is 0 Å². The molecule has 0 fully saturated rings. The maximum atomic E-state index is 9.23. The number of ether oxygens (including phenoxy) is 1. The Balaban J connectivity index is 2.28. The van der Waals surface area contributed by atoms with Gasteiger partial charge in [-0.1, -0.05) is 57.1 Å². The van der Waals surface area contributed by atoms with Crippen molar-refractivity contribution in [3.05, 3.63) is 29.8 Å². The number of rotatable bonds is 13. The van der Waals surface area contributed by atoms with Crippen LogP contribution in [0.5, 0.6) is 5.75 Å². The van der Waals surface area contributed by atoms with Gasteiger partial charge in [-0.05, 0) is 37.0 Å². The number of hydrogen-bond acceptors (Lipinski definition) is 4. The predicted octanol–water partition coefficient (Wildman–Crippen LogP) is 3.58. The first-order valence-corrected chi connectivity index (χ1v) is 13.0. The van der Waals surface area contributed by atoms with Crippen molar-refractivity contribution in [2.45, 2.75) is 69.7 Å². The highest BCUT2D eigenvalue weighted by atomic mass is 28.3. The van der Waals surface area contributed by atoms with Crippen LogP contribution in [0.4, 0.5) is 0 Å². The van der Waals surface area contributed by atoms with Gasteiger partial charge < -0.3 is 20.7 Å². The maximum absolute atomic E-state index is 9.23. The molecule has 0 spiro atoms. The van der Waals surface area contributed by atoms with E-state index < -0.39 is 13.6 Å². The first kappa shape index (κ1) is 22.2. The van der Waals surface area contributed by atoms with E-state index in [1.165, 1.54) is 24.9 Å². The molecule has 4 N–H and O–H groups in total. The quantitative estimate of drug-likeness (QED) is 0.368. The summed E-state index contributed by atoms with van der Waals surface area (Å²) in [5.74, 6) is 0.900.